The van der Waals surface area contributed by atoms with Crippen LogP contribution in [0.2, 0.25) is 0 Å². The summed E-state index contributed by atoms with van der Waals surface area (Å²) in [6.07, 6.45) is 9.07. The Morgan fingerprint density at radius 2 is 2.14 bits per heavy atom. The largest absolute Gasteiger partial charge is 0.363 e. The molecule has 0 aromatic rings. The van der Waals surface area contributed by atoms with E-state index < -0.39 is 0 Å². The van der Waals surface area contributed by atoms with Gasteiger partial charge >= 0.3 is 0 Å². The zero-order valence-corrected chi connectivity index (χ0v) is 9.33. The van der Waals surface area contributed by atoms with Gasteiger partial charge in [-0.1, -0.05) is 38.8 Å². The summed E-state index contributed by atoms with van der Waals surface area (Å²) < 4.78 is 5.43. The van der Waals surface area contributed by atoms with Gasteiger partial charge in [-0.3, -0.25) is 0 Å². The fourth-order valence-electron chi connectivity index (χ4n) is 1.14. The Bertz CT molecular complexity index is 181. The number of unbranched alkanes of at least 4 members (excludes halogenated alkanes) is 1. The number of hydrogen-bond acceptors (Lipinski definition) is 2. The maximum Gasteiger partial charge on any atom is 0.144 e. The third-order valence-corrected chi connectivity index (χ3v) is 1.97. The molecule has 2 nitrogen and oxygen atoms in total. The van der Waals surface area contributed by atoms with E-state index in [1.807, 2.05) is 0 Å². The first-order valence-corrected chi connectivity index (χ1v) is 5.51. The summed E-state index contributed by atoms with van der Waals surface area (Å²) >= 11 is 0. The lowest BCUT2D eigenvalue weighted by molar-refractivity contribution is 0.0864. The molecule has 0 N–H and O–H groups in total. The second-order valence-corrected chi connectivity index (χ2v) is 3.30. The first-order chi connectivity index (χ1) is 6.85. The summed E-state index contributed by atoms with van der Waals surface area (Å²) in [6.45, 7) is 4.90. The Labute approximate surface area is 87.6 Å². The zero-order chi connectivity index (χ0) is 10.6. The van der Waals surface area contributed by atoms with Crippen molar-refractivity contribution in [3.8, 4) is 6.07 Å². The summed E-state index contributed by atoms with van der Waals surface area (Å²) in [5.74, 6) is 0. The smallest absolute Gasteiger partial charge is 0.144 e. The molecule has 0 saturated carbocycles. The lowest BCUT2D eigenvalue weighted by Crippen LogP contribution is -2.10. The van der Waals surface area contributed by atoms with E-state index in [4.69, 9.17) is 10.00 Å². The van der Waals surface area contributed by atoms with Gasteiger partial charge in [0.05, 0.1) is 12.7 Å². The molecule has 0 spiro atoms. The molecule has 1 unspecified atom stereocenters. The van der Waals surface area contributed by atoms with Crippen LogP contribution in [0.3, 0.4) is 0 Å². The second-order valence-electron chi connectivity index (χ2n) is 3.30. The highest BCUT2D eigenvalue weighted by Gasteiger charge is 2.04. The van der Waals surface area contributed by atoms with Crippen LogP contribution in [0.15, 0.2) is 12.2 Å². The van der Waals surface area contributed by atoms with Gasteiger partial charge in [-0.25, -0.2) is 0 Å². The van der Waals surface area contributed by atoms with Crippen molar-refractivity contribution >= 4 is 0 Å². The van der Waals surface area contributed by atoms with Crippen LogP contribution < -0.4 is 0 Å². The van der Waals surface area contributed by atoms with Gasteiger partial charge in [0.25, 0.3) is 0 Å². The van der Waals surface area contributed by atoms with Crippen molar-refractivity contribution in [2.75, 3.05) is 6.61 Å². The van der Waals surface area contributed by atoms with Crippen LogP contribution in [0.1, 0.15) is 46.0 Å². The molecule has 0 amide bonds. The number of hydrogen-bond donors (Lipinski definition) is 0. The Morgan fingerprint density at radius 3 is 2.71 bits per heavy atom. The third kappa shape index (κ3) is 7.82. The number of nitriles is 1. The highest BCUT2D eigenvalue weighted by Crippen LogP contribution is 2.04. The highest BCUT2D eigenvalue weighted by molar-refractivity contribution is 4.85. The van der Waals surface area contributed by atoms with Gasteiger partial charge in [0.2, 0.25) is 0 Å². The SMILES string of the molecule is CC/C=C\CCOC(C#N)CCCC. The van der Waals surface area contributed by atoms with Gasteiger partial charge in [0.15, 0.2) is 0 Å². The van der Waals surface area contributed by atoms with Crippen molar-refractivity contribution in [3.05, 3.63) is 12.2 Å². The average Bonchev–Trinajstić information content (AvgIpc) is 2.22. The van der Waals surface area contributed by atoms with Crippen LogP contribution in [0.4, 0.5) is 0 Å². The Morgan fingerprint density at radius 1 is 1.36 bits per heavy atom. The maximum absolute atomic E-state index is 8.76. The van der Waals surface area contributed by atoms with Crippen LogP contribution in [0.5, 0.6) is 0 Å². The minimum atomic E-state index is -0.204. The van der Waals surface area contributed by atoms with E-state index >= 15 is 0 Å². The van der Waals surface area contributed by atoms with Crippen molar-refractivity contribution < 1.29 is 4.74 Å². The summed E-state index contributed by atoms with van der Waals surface area (Å²) in [7, 11) is 0. The molecule has 1 atom stereocenters. The molecular weight excluding hydrogens is 174 g/mol. The van der Waals surface area contributed by atoms with E-state index in [0.717, 1.165) is 32.1 Å². The molecule has 0 aliphatic carbocycles. The van der Waals surface area contributed by atoms with E-state index in [9.17, 15) is 0 Å². The van der Waals surface area contributed by atoms with Crippen LogP contribution in [-0.2, 0) is 4.74 Å². The molecule has 0 aromatic heterocycles. The maximum atomic E-state index is 8.76. The van der Waals surface area contributed by atoms with Crippen molar-refractivity contribution in [1.82, 2.24) is 0 Å². The fourth-order valence-corrected chi connectivity index (χ4v) is 1.14. The van der Waals surface area contributed by atoms with E-state index in [2.05, 4.69) is 32.1 Å². The Balaban J connectivity index is 3.43. The van der Waals surface area contributed by atoms with E-state index in [-0.39, 0.29) is 6.10 Å². The number of rotatable bonds is 8. The van der Waals surface area contributed by atoms with Gasteiger partial charge in [-0.2, -0.15) is 5.26 Å². The standard InChI is InChI=1S/C12H21NO/c1-3-5-7-8-10-14-12(11-13)9-6-4-2/h5,7,12H,3-4,6,8-10H2,1-2H3/b7-5-. The molecule has 0 aliphatic heterocycles. The molecule has 2 heteroatoms. The van der Waals surface area contributed by atoms with Crippen LogP contribution in [0, 0.1) is 11.3 Å². The topological polar surface area (TPSA) is 33.0 Å². The molecular formula is C12H21NO. The molecule has 0 heterocycles. The predicted octanol–water partition coefficient (Wildman–Crippen LogP) is 3.44. The molecule has 0 aliphatic rings. The van der Waals surface area contributed by atoms with Gasteiger partial charge in [0.1, 0.15) is 6.10 Å². The molecule has 14 heavy (non-hydrogen) atoms. The molecule has 0 aromatic carbocycles. The third-order valence-electron chi connectivity index (χ3n) is 1.97. The van der Waals surface area contributed by atoms with Gasteiger partial charge < -0.3 is 4.74 Å². The number of allylic oxidation sites excluding steroid dienone is 1. The summed E-state index contributed by atoms with van der Waals surface area (Å²) in [4.78, 5) is 0. The van der Waals surface area contributed by atoms with Crippen molar-refractivity contribution in [2.45, 2.75) is 52.1 Å². The monoisotopic (exact) mass is 195 g/mol. The van der Waals surface area contributed by atoms with Crippen molar-refractivity contribution in [1.29, 1.82) is 5.26 Å². The van der Waals surface area contributed by atoms with Crippen LogP contribution in [0.25, 0.3) is 0 Å². The minimum absolute atomic E-state index is 0.204. The van der Waals surface area contributed by atoms with E-state index in [0.29, 0.717) is 6.61 Å². The molecule has 0 saturated heterocycles. The first kappa shape index (κ1) is 13.2. The zero-order valence-electron chi connectivity index (χ0n) is 9.33. The first-order valence-electron chi connectivity index (χ1n) is 5.51. The minimum Gasteiger partial charge on any atom is -0.363 e. The van der Waals surface area contributed by atoms with Crippen LogP contribution >= 0.6 is 0 Å². The van der Waals surface area contributed by atoms with Crippen LogP contribution in [-0.4, -0.2) is 12.7 Å². The fraction of sp³-hybridized carbons (Fsp3) is 0.750. The Hall–Kier alpha value is -0.810. The van der Waals surface area contributed by atoms with Crippen molar-refractivity contribution in [2.24, 2.45) is 0 Å². The lowest BCUT2D eigenvalue weighted by atomic mass is 10.2. The Kier molecular flexibility index (Phi) is 9.68. The van der Waals surface area contributed by atoms with Gasteiger partial charge in [-0.05, 0) is 19.3 Å². The van der Waals surface area contributed by atoms with Crippen molar-refractivity contribution in [3.63, 3.8) is 0 Å². The second kappa shape index (κ2) is 10.3. The average molecular weight is 195 g/mol. The summed E-state index contributed by atoms with van der Waals surface area (Å²) in [6, 6.07) is 2.18. The molecule has 0 rings (SSSR count). The summed E-state index contributed by atoms with van der Waals surface area (Å²) in [5.41, 5.74) is 0. The molecule has 80 valence electrons. The summed E-state index contributed by atoms with van der Waals surface area (Å²) in [5, 5.41) is 8.76. The number of ether oxygens (including phenoxy) is 1. The lowest BCUT2D eigenvalue weighted by Gasteiger charge is -2.08. The molecule has 0 fully saturated rings. The molecule has 0 bridgehead atoms. The molecule has 0 radical (unpaired) electrons. The predicted molar refractivity (Wildman–Crippen MR) is 58.9 cm³/mol. The van der Waals surface area contributed by atoms with E-state index in [1.165, 1.54) is 0 Å². The van der Waals surface area contributed by atoms with Gasteiger partial charge in [0, 0.05) is 0 Å². The van der Waals surface area contributed by atoms with Gasteiger partial charge in [-0.15, -0.1) is 0 Å². The quantitative estimate of drug-likeness (QED) is 0.439. The number of nitrogens with zero attached hydrogens (tertiary/aromatic N) is 1. The normalized spacial score (nSPS) is 12.9. The highest BCUT2D eigenvalue weighted by atomic mass is 16.5. The van der Waals surface area contributed by atoms with E-state index in [1.54, 1.807) is 0 Å².